The van der Waals surface area contributed by atoms with Crippen LogP contribution in [0.1, 0.15) is 47.6 Å². The highest BCUT2D eigenvalue weighted by Crippen LogP contribution is 2.21. The number of rotatable bonds is 7. The zero-order chi connectivity index (χ0) is 14.5. The van der Waals surface area contributed by atoms with Crippen LogP contribution in [0.3, 0.4) is 0 Å². The van der Waals surface area contributed by atoms with Gasteiger partial charge in [-0.15, -0.1) is 0 Å². The second-order valence-electron chi connectivity index (χ2n) is 5.59. The molecular weight excluding hydrogens is 256 g/mol. The molecule has 0 bridgehead atoms. The smallest absolute Gasteiger partial charge is 0.371 e. The van der Waals surface area contributed by atoms with Crippen molar-refractivity contribution in [2.75, 3.05) is 20.1 Å². The van der Waals surface area contributed by atoms with Crippen LogP contribution >= 0.6 is 0 Å². The minimum atomic E-state index is -1.01. The maximum absolute atomic E-state index is 10.8. The number of nitrogens with one attached hydrogen (secondary N) is 1. The van der Waals surface area contributed by atoms with E-state index in [-0.39, 0.29) is 5.76 Å². The average Bonchev–Trinajstić information content (AvgIpc) is 3.04. The van der Waals surface area contributed by atoms with Crippen molar-refractivity contribution in [3.63, 3.8) is 0 Å². The Bertz CT molecular complexity index is 450. The Kier molecular flexibility index (Phi) is 5.20. The number of carboxylic acid groups (broad SMARTS) is 1. The highest BCUT2D eigenvalue weighted by atomic mass is 16.4. The summed E-state index contributed by atoms with van der Waals surface area (Å²) in [7, 11) is 2.18. The van der Waals surface area contributed by atoms with Crippen molar-refractivity contribution in [2.45, 2.75) is 45.2 Å². The molecule has 0 unspecified atom stereocenters. The molecule has 1 aliphatic rings. The number of nitrogens with zero attached hydrogens (tertiary/aromatic N) is 1. The summed E-state index contributed by atoms with van der Waals surface area (Å²) in [6.45, 7) is 4.38. The first-order valence-corrected chi connectivity index (χ1v) is 7.31. The van der Waals surface area contributed by atoms with Crippen LogP contribution in [0.2, 0.25) is 0 Å². The summed E-state index contributed by atoms with van der Waals surface area (Å²) >= 11 is 0. The van der Waals surface area contributed by atoms with Crippen LogP contribution in [0.15, 0.2) is 10.5 Å². The molecule has 1 aromatic rings. The van der Waals surface area contributed by atoms with Gasteiger partial charge in [-0.25, -0.2) is 4.79 Å². The number of hydrogen-bond acceptors (Lipinski definition) is 4. The van der Waals surface area contributed by atoms with Gasteiger partial charge in [0.1, 0.15) is 5.76 Å². The molecular formula is C15H24N2O3. The number of carboxylic acids is 1. The SMILES string of the molecule is Cc1oc(C(=O)O)cc1CNCCN(C)C1CCCC1. The molecule has 0 aliphatic heterocycles. The van der Waals surface area contributed by atoms with Gasteiger partial charge in [0.2, 0.25) is 5.76 Å². The van der Waals surface area contributed by atoms with Crippen LogP contribution in [0.25, 0.3) is 0 Å². The van der Waals surface area contributed by atoms with E-state index in [9.17, 15) is 4.79 Å². The van der Waals surface area contributed by atoms with Crippen molar-refractivity contribution < 1.29 is 14.3 Å². The van der Waals surface area contributed by atoms with Crippen LogP contribution in [-0.2, 0) is 6.54 Å². The lowest BCUT2D eigenvalue weighted by Crippen LogP contribution is -2.35. The molecule has 5 heteroatoms. The molecule has 0 spiro atoms. The van der Waals surface area contributed by atoms with E-state index >= 15 is 0 Å². The van der Waals surface area contributed by atoms with E-state index in [1.807, 2.05) is 0 Å². The first-order valence-electron chi connectivity index (χ1n) is 7.31. The van der Waals surface area contributed by atoms with E-state index < -0.39 is 5.97 Å². The van der Waals surface area contributed by atoms with Gasteiger partial charge >= 0.3 is 5.97 Å². The van der Waals surface area contributed by atoms with E-state index in [1.165, 1.54) is 25.7 Å². The molecule has 1 heterocycles. The first-order chi connectivity index (χ1) is 9.58. The van der Waals surface area contributed by atoms with Crippen LogP contribution in [0.5, 0.6) is 0 Å². The standard InChI is InChI=1S/C15H24N2O3/c1-11-12(9-14(20-11)15(18)19)10-16-7-8-17(2)13-5-3-4-6-13/h9,13,16H,3-8,10H2,1-2H3,(H,18,19). The van der Waals surface area contributed by atoms with Crippen LogP contribution in [-0.4, -0.2) is 42.2 Å². The fourth-order valence-electron chi connectivity index (χ4n) is 2.81. The van der Waals surface area contributed by atoms with Crippen molar-refractivity contribution in [3.8, 4) is 0 Å². The van der Waals surface area contributed by atoms with Crippen molar-refractivity contribution in [3.05, 3.63) is 23.2 Å². The molecule has 0 atom stereocenters. The average molecular weight is 280 g/mol. The maximum Gasteiger partial charge on any atom is 0.371 e. The topological polar surface area (TPSA) is 65.7 Å². The van der Waals surface area contributed by atoms with Gasteiger partial charge < -0.3 is 19.7 Å². The third-order valence-corrected chi connectivity index (χ3v) is 4.14. The monoisotopic (exact) mass is 280 g/mol. The number of hydrogen-bond donors (Lipinski definition) is 2. The fourth-order valence-corrected chi connectivity index (χ4v) is 2.81. The normalized spacial score (nSPS) is 16.1. The molecule has 0 saturated heterocycles. The zero-order valence-corrected chi connectivity index (χ0v) is 12.3. The summed E-state index contributed by atoms with van der Waals surface area (Å²) in [6, 6.07) is 2.34. The molecule has 0 aromatic carbocycles. The van der Waals surface area contributed by atoms with Crippen molar-refractivity contribution in [1.29, 1.82) is 0 Å². The summed E-state index contributed by atoms with van der Waals surface area (Å²) in [5.41, 5.74) is 0.922. The summed E-state index contributed by atoms with van der Waals surface area (Å²) in [5, 5.41) is 12.2. The minimum absolute atomic E-state index is 0.0161. The van der Waals surface area contributed by atoms with Gasteiger partial charge in [-0.3, -0.25) is 0 Å². The van der Waals surface area contributed by atoms with Crippen LogP contribution in [0, 0.1) is 6.92 Å². The molecule has 0 amide bonds. The molecule has 5 nitrogen and oxygen atoms in total. The molecule has 1 saturated carbocycles. The molecule has 2 rings (SSSR count). The summed E-state index contributed by atoms with van der Waals surface area (Å²) < 4.78 is 5.19. The third kappa shape index (κ3) is 3.84. The van der Waals surface area contributed by atoms with Gasteiger partial charge in [0.15, 0.2) is 0 Å². The fraction of sp³-hybridized carbons (Fsp3) is 0.667. The lowest BCUT2D eigenvalue weighted by atomic mass is 10.2. The highest BCUT2D eigenvalue weighted by molar-refractivity contribution is 5.84. The van der Waals surface area contributed by atoms with Crippen molar-refractivity contribution in [2.24, 2.45) is 0 Å². The molecule has 20 heavy (non-hydrogen) atoms. The maximum atomic E-state index is 10.8. The van der Waals surface area contributed by atoms with E-state index in [0.717, 1.165) is 24.7 Å². The quantitative estimate of drug-likeness (QED) is 0.750. The second kappa shape index (κ2) is 6.90. The van der Waals surface area contributed by atoms with E-state index in [2.05, 4.69) is 17.3 Å². The third-order valence-electron chi connectivity index (χ3n) is 4.14. The summed E-state index contributed by atoms with van der Waals surface area (Å²) in [6.07, 6.45) is 5.35. The lowest BCUT2D eigenvalue weighted by molar-refractivity contribution is 0.0661. The lowest BCUT2D eigenvalue weighted by Gasteiger charge is -2.23. The van der Waals surface area contributed by atoms with Gasteiger partial charge in [0, 0.05) is 31.2 Å². The van der Waals surface area contributed by atoms with E-state index in [1.54, 1.807) is 13.0 Å². The van der Waals surface area contributed by atoms with Gasteiger partial charge in [0.25, 0.3) is 0 Å². The van der Waals surface area contributed by atoms with E-state index in [0.29, 0.717) is 12.3 Å². The summed E-state index contributed by atoms with van der Waals surface area (Å²) in [4.78, 5) is 13.2. The highest BCUT2D eigenvalue weighted by Gasteiger charge is 2.18. The number of likely N-dealkylation sites (N-methyl/N-ethyl adjacent to an activating group) is 1. The predicted molar refractivity (Wildman–Crippen MR) is 77.0 cm³/mol. The van der Waals surface area contributed by atoms with Gasteiger partial charge in [-0.05, 0) is 32.9 Å². The van der Waals surface area contributed by atoms with Gasteiger partial charge in [-0.1, -0.05) is 12.8 Å². The van der Waals surface area contributed by atoms with Crippen LogP contribution < -0.4 is 5.32 Å². The number of furan rings is 1. The van der Waals surface area contributed by atoms with E-state index in [4.69, 9.17) is 9.52 Å². The number of carbonyl (C=O) groups is 1. The molecule has 1 aliphatic carbocycles. The Labute approximate surface area is 119 Å². The van der Waals surface area contributed by atoms with Crippen molar-refractivity contribution >= 4 is 5.97 Å². The first kappa shape index (κ1) is 15.1. The largest absolute Gasteiger partial charge is 0.475 e. The second-order valence-corrected chi connectivity index (χ2v) is 5.59. The number of aromatic carboxylic acids is 1. The minimum Gasteiger partial charge on any atom is -0.475 e. The molecule has 1 fully saturated rings. The molecule has 0 radical (unpaired) electrons. The van der Waals surface area contributed by atoms with Gasteiger partial charge in [-0.2, -0.15) is 0 Å². The van der Waals surface area contributed by atoms with Crippen molar-refractivity contribution in [1.82, 2.24) is 10.2 Å². The zero-order valence-electron chi connectivity index (χ0n) is 12.3. The Morgan fingerprint density at radius 3 is 2.80 bits per heavy atom. The Balaban J connectivity index is 1.71. The summed E-state index contributed by atoms with van der Waals surface area (Å²) in [5.74, 6) is -0.318. The Morgan fingerprint density at radius 2 is 2.20 bits per heavy atom. The molecule has 112 valence electrons. The molecule has 2 N–H and O–H groups in total. The Morgan fingerprint density at radius 1 is 1.50 bits per heavy atom. The predicted octanol–water partition coefficient (Wildman–Crippen LogP) is 2.25. The number of aryl methyl sites for hydroxylation is 1. The van der Waals surface area contributed by atoms with Gasteiger partial charge in [0.05, 0.1) is 0 Å². The van der Waals surface area contributed by atoms with Crippen LogP contribution in [0.4, 0.5) is 0 Å². The Hall–Kier alpha value is -1.33. The molecule has 1 aromatic heterocycles.